The molecule has 1 radical (unpaired) electrons. The van der Waals surface area contributed by atoms with Gasteiger partial charge in [-0.05, 0) is 12.6 Å². The zero-order valence-corrected chi connectivity index (χ0v) is 3.83. The van der Waals surface area contributed by atoms with Gasteiger partial charge >= 0.3 is 0 Å². The first-order valence-electron chi connectivity index (χ1n) is 1.56. The minimum absolute atomic E-state index is 0.551. The van der Waals surface area contributed by atoms with Gasteiger partial charge in [-0.25, -0.2) is 4.98 Å². The van der Waals surface area contributed by atoms with E-state index in [1.807, 2.05) is 0 Å². The standard InChI is InChI=1S/C3H3N2S/c6-3-4-1-2-5-3/h1-2H,(H,4,5). The lowest BCUT2D eigenvalue weighted by atomic mass is 11.0. The first kappa shape index (κ1) is 3.61. The molecular weight excluding hydrogens is 96.1 g/mol. The van der Waals surface area contributed by atoms with Crippen molar-refractivity contribution < 1.29 is 0 Å². The Morgan fingerprint density at radius 1 is 1.83 bits per heavy atom. The second-order valence-corrected chi connectivity index (χ2v) is 1.28. The molecule has 6 heavy (non-hydrogen) atoms. The fraction of sp³-hybridized carbons (Fsp3) is 0. The van der Waals surface area contributed by atoms with Crippen LogP contribution in [-0.4, -0.2) is 9.97 Å². The van der Waals surface area contributed by atoms with E-state index in [4.69, 9.17) is 0 Å². The number of nitrogens with zero attached hydrogens (tertiary/aromatic N) is 1. The molecule has 0 unspecified atom stereocenters. The van der Waals surface area contributed by atoms with Crippen molar-refractivity contribution in [3.05, 3.63) is 12.4 Å². The normalized spacial score (nSPS) is 8.67. The molecule has 0 amide bonds. The Labute approximate surface area is 41.0 Å². The van der Waals surface area contributed by atoms with Crippen molar-refractivity contribution in [1.29, 1.82) is 0 Å². The fourth-order valence-electron chi connectivity index (χ4n) is 0.251. The van der Waals surface area contributed by atoms with Crippen LogP contribution in [0.4, 0.5) is 0 Å². The van der Waals surface area contributed by atoms with E-state index >= 15 is 0 Å². The highest BCUT2D eigenvalue weighted by atomic mass is 32.1. The van der Waals surface area contributed by atoms with Crippen LogP contribution in [0.3, 0.4) is 0 Å². The second-order valence-electron chi connectivity index (χ2n) is 0.894. The molecule has 0 aliphatic heterocycles. The molecule has 3 heteroatoms. The molecule has 0 bridgehead atoms. The van der Waals surface area contributed by atoms with Gasteiger partial charge in [-0.15, -0.1) is 0 Å². The average molecular weight is 99.1 g/mol. The summed E-state index contributed by atoms with van der Waals surface area (Å²) in [6, 6.07) is 0. The molecule has 0 saturated heterocycles. The molecule has 0 fully saturated rings. The number of aromatic amines is 1. The van der Waals surface area contributed by atoms with Crippen molar-refractivity contribution in [3.63, 3.8) is 0 Å². The quantitative estimate of drug-likeness (QED) is 0.515. The number of rotatable bonds is 0. The van der Waals surface area contributed by atoms with E-state index in [-0.39, 0.29) is 0 Å². The summed E-state index contributed by atoms with van der Waals surface area (Å²) in [6.07, 6.45) is 3.32. The van der Waals surface area contributed by atoms with Crippen LogP contribution < -0.4 is 0 Å². The van der Waals surface area contributed by atoms with Gasteiger partial charge in [0.25, 0.3) is 0 Å². The summed E-state index contributed by atoms with van der Waals surface area (Å²) >= 11 is 4.58. The summed E-state index contributed by atoms with van der Waals surface area (Å²) in [7, 11) is 0. The van der Waals surface area contributed by atoms with Gasteiger partial charge in [0, 0.05) is 12.4 Å². The third kappa shape index (κ3) is 0.490. The maximum absolute atomic E-state index is 4.58. The molecule has 1 aromatic rings. The van der Waals surface area contributed by atoms with Crippen LogP contribution in [0.25, 0.3) is 0 Å². The number of imidazole rings is 1. The number of hydrogen-bond donors (Lipinski definition) is 1. The van der Waals surface area contributed by atoms with Crippen LogP contribution >= 0.6 is 12.6 Å². The molecule has 0 atom stereocenters. The Morgan fingerprint density at radius 2 is 2.67 bits per heavy atom. The predicted octanol–water partition coefficient (Wildman–Crippen LogP) is 0.966. The molecule has 0 aliphatic rings. The summed E-state index contributed by atoms with van der Waals surface area (Å²) in [6.45, 7) is 0. The fourth-order valence-corrected chi connectivity index (χ4v) is 0.380. The topological polar surface area (TPSA) is 28.7 Å². The van der Waals surface area contributed by atoms with E-state index in [0.717, 1.165) is 0 Å². The van der Waals surface area contributed by atoms with E-state index in [0.29, 0.717) is 5.16 Å². The second kappa shape index (κ2) is 1.26. The number of nitrogens with one attached hydrogen (secondary N) is 1. The Hall–Kier alpha value is -0.570. The Morgan fingerprint density at radius 3 is 2.83 bits per heavy atom. The van der Waals surface area contributed by atoms with Gasteiger partial charge in [0.05, 0.1) is 0 Å². The molecule has 1 heterocycles. The number of H-pyrrole nitrogens is 1. The Balaban J connectivity index is 3.05. The average Bonchev–Trinajstić information content (AvgIpc) is 1.86. The number of aromatic nitrogens is 2. The smallest absolute Gasteiger partial charge is 0.196 e. The first-order chi connectivity index (χ1) is 2.89. The van der Waals surface area contributed by atoms with Crippen molar-refractivity contribution >= 4 is 12.6 Å². The van der Waals surface area contributed by atoms with Gasteiger partial charge in [-0.1, -0.05) is 0 Å². The summed E-state index contributed by atoms with van der Waals surface area (Å²) in [4.78, 5) is 6.38. The van der Waals surface area contributed by atoms with E-state index < -0.39 is 0 Å². The molecule has 1 aromatic heterocycles. The Kier molecular flexibility index (Phi) is 0.759. The molecule has 0 saturated carbocycles. The molecule has 2 nitrogen and oxygen atoms in total. The number of hydrogen-bond acceptors (Lipinski definition) is 1. The Bertz CT molecular complexity index is 112. The van der Waals surface area contributed by atoms with Crippen LogP contribution in [0.1, 0.15) is 0 Å². The first-order valence-corrected chi connectivity index (χ1v) is 1.97. The zero-order valence-electron chi connectivity index (χ0n) is 3.01. The van der Waals surface area contributed by atoms with Crippen LogP contribution in [0, 0.1) is 0 Å². The van der Waals surface area contributed by atoms with Crippen LogP contribution in [0.2, 0.25) is 0 Å². The van der Waals surface area contributed by atoms with Crippen LogP contribution in [-0.2, 0) is 0 Å². The molecule has 0 spiro atoms. The molecule has 0 aromatic carbocycles. The van der Waals surface area contributed by atoms with Crippen LogP contribution in [0.5, 0.6) is 0 Å². The minimum Gasteiger partial charge on any atom is -0.336 e. The van der Waals surface area contributed by atoms with E-state index in [1.54, 1.807) is 12.4 Å². The monoisotopic (exact) mass is 99.0 g/mol. The summed E-state index contributed by atoms with van der Waals surface area (Å²) < 4.78 is 0. The highest BCUT2D eigenvalue weighted by molar-refractivity contribution is 7.80. The maximum Gasteiger partial charge on any atom is 0.196 e. The summed E-state index contributed by atoms with van der Waals surface area (Å²) in [5.41, 5.74) is 0. The molecule has 0 aliphatic carbocycles. The summed E-state index contributed by atoms with van der Waals surface area (Å²) in [5, 5.41) is 0.551. The zero-order chi connectivity index (χ0) is 4.41. The van der Waals surface area contributed by atoms with E-state index in [1.165, 1.54) is 0 Å². The van der Waals surface area contributed by atoms with Gasteiger partial charge in [0.1, 0.15) is 0 Å². The van der Waals surface area contributed by atoms with E-state index in [9.17, 15) is 0 Å². The van der Waals surface area contributed by atoms with Crippen molar-refractivity contribution in [2.24, 2.45) is 0 Å². The van der Waals surface area contributed by atoms with Crippen molar-refractivity contribution in [1.82, 2.24) is 9.97 Å². The third-order valence-electron chi connectivity index (χ3n) is 0.473. The lowest BCUT2D eigenvalue weighted by Crippen LogP contribution is -1.59. The van der Waals surface area contributed by atoms with Gasteiger partial charge in [0.15, 0.2) is 5.16 Å². The van der Waals surface area contributed by atoms with Gasteiger partial charge in [-0.3, -0.25) is 0 Å². The highest BCUT2D eigenvalue weighted by Crippen LogP contribution is 1.89. The van der Waals surface area contributed by atoms with Crippen molar-refractivity contribution in [2.45, 2.75) is 5.16 Å². The lowest BCUT2D eigenvalue weighted by Gasteiger charge is -1.65. The van der Waals surface area contributed by atoms with Crippen molar-refractivity contribution in [3.8, 4) is 0 Å². The molecule has 1 N–H and O–H groups in total. The SMILES string of the molecule is [S]c1ncc[nH]1. The maximum atomic E-state index is 4.58. The van der Waals surface area contributed by atoms with E-state index in [2.05, 4.69) is 22.6 Å². The van der Waals surface area contributed by atoms with Crippen molar-refractivity contribution in [2.75, 3.05) is 0 Å². The highest BCUT2D eigenvalue weighted by Gasteiger charge is 1.77. The largest absolute Gasteiger partial charge is 0.336 e. The molecule has 31 valence electrons. The third-order valence-corrected chi connectivity index (χ3v) is 0.696. The summed E-state index contributed by atoms with van der Waals surface area (Å²) in [5.74, 6) is 0. The minimum atomic E-state index is 0.551. The van der Waals surface area contributed by atoms with Gasteiger partial charge < -0.3 is 4.98 Å². The van der Waals surface area contributed by atoms with Gasteiger partial charge in [0.2, 0.25) is 0 Å². The molecule has 1 rings (SSSR count). The van der Waals surface area contributed by atoms with Gasteiger partial charge in [-0.2, -0.15) is 0 Å². The predicted molar refractivity (Wildman–Crippen MR) is 24.4 cm³/mol. The lowest BCUT2D eigenvalue weighted by molar-refractivity contribution is 1.07. The van der Waals surface area contributed by atoms with Crippen LogP contribution in [0.15, 0.2) is 17.6 Å². The molecular formula is C3H3N2S.